The molecule has 3 nitrogen and oxygen atoms in total. The van der Waals surface area contributed by atoms with E-state index < -0.39 is 0 Å². The summed E-state index contributed by atoms with van der Waals surface area (Å²) in [7, 11) is 3.37. The van der Waals surface area contributed by atoms with E-state index in [0.717, 1.165) is 17.7 Å². The van der Waals surface area contributed by atoms with Gasteiger partial charge in [-0.15, -0.1) is 0 Å². The zero-order valence-corrected chi connectivity index (χ0v) is 10.5. The van der Waals surface area contributed by atoms with Gasteiger partial charge in [0.2, 0.25) is 0 Å². The summed E-state index contributed by atoms with van der Waals surface area (Å²) >= 11 is 0. The first-order valence-electron chi connectivity index (χ1n) is 5.49. The van der Waals surface area contributed by atoms with E-state index in [1.165, 1.54) is 11.1 Å². The molecular formula is C13H21NO2. The first kappa shape index (κ1) is 13.0. The predicted molar refractivity (Wildman–Crippen MR) is 65.9 cm³/mol. The Balaban J connectivity index is 3.01. The Bertz CT molecular complexity index is 350. The highest BCUT2D eigenvalue weighted by Gasteiger charge is 2.15. The maximum atomic E-state index is 6.15. The molecule has 0 aliphatic carbocycles. The van der Waals surface area contributed by atoms with E-state index in [1.54, 1.807) is 14.2 Å². The Morgan fingerprint density at radius 1 is 1.25 bits per heavy atom. The second-order valence-corrected chi connectivity index (χ2v) is 4.09. The number of ether oxygens (including phenoxy) is 2. The third-order valence-corrected chi connectivity index (χ3v) is 2.72. The van der Waals surface area contributed by atoms with Gasteiger partial charge in [0.05, 0.1) is 7.11 Å². The van der Waals surface area contributed by atoms with Gasteiger partial charge in [0.1, 0.15) is 5.75 Å². The SMILES string of the molecule is COCCC(N)c1c(C)cc(C)cc1OC. The molecule has 16 heavy (non-hydrogen) atoms. The normalized spacial score (nSPS) is 12.6. The third kappa shape index (κ3) is 2.97. The van der Waals surface area contributed by atoms with Gasteiger partial charge < -0.3 is 15.2 Å². The molecule has 1 unspecified atom stereocenters. The molecule has 90 valence electrons. The number of rotatable bonds is 5. The van der Waals surface area contributed by atoms with Crippen molar-refractivity contribution in [1.29, 1.82) is 0 Å². The second-order valence-electron chi connectivity index (χ2n) is 4.09. The standard InChI is InChI=1S/C13H21NO2/c1-9-7-10(2)13(12(8-9)16-4)11(14)5-6-15-3/h7-8,11H,5-6,14H2,1-4H3. The average molecular weight is 223 g/mol. The van der Waals surface area contributed by atoms with Crippen molar-refractivity contribution in [3.05, 3.63) is 28.8 Å². The quantitative estimate of drug-likeness (QED) is 0.833. The van der Waals surface area contributed by atoms with E-state index in [-0.39, 0.29) is 6.04 Å². The Morgan fingerprint density at radius 3 is 2.50 bits per heavy atom. The average Bonchev–Trinajstić information content (AvgIpc) is 2.24. The summed E-state index contributed by atoms with van der Waals surface area (Å²) in [5.41, 5.74) is 9.61. The van der Waals surface area contributed by atoms with Gasteiger partial charge in [-0.1, -0.05) is 6.07 Å². The smallest absolute Gasteiger partial charge is 0.124 e. The molecule has 0 amide bonds. The van der Waals surface area contributed by atoms with Gasteiger partial charge in [-0.2, -0.15) is 0 Å². The molecule has 0 saturated carbocycles. The van der Waals surface area contributed by atoms with E-state index in [9.17, 15) is 0 Å². The largest absolute Gasteiger partial charge is 0.496 e. The Kier molecular flexibility index (Phi) is 4.77. The lowest BCUT2D eigenvalue weighted by molar-refractivity contribution is 0.187. The number of benzene rings is 1. The van der Waals surface area contributed by atoms with Crippen LogP contribution in [0.3, 0.4) is 0 Å². The summed E-state index contributed by atoms with van der Waals surface area (Å²) in [4.78, 5) is 0. The van der Waals surface area contributed by atoms with E-state index in [1.807, 2.05) is 6.07 Å². The molecule has 1 aromatic rings. The zero-order chi connectivity index (χ0) is 12.1. The van der Waals surface area contributed by atoms with Crippen LogP contribution >= 0.6 is 0 Å². The molecule has 1 aromatic carbocycles. The number of hydrogen-bond donors (Lipinski definition) is 1. The molecule has 0 bridgehead atoms. The fraction of sp³-hybridized carbons (Fsp3) is 0.538. The topological polar surface area (TPSA) is 44.5 Å². The lowest BCUT2D eigenvalue weighted by atomic mass is 9.96. The van der Waals surface area contributed by atoms with Crippen LogP contribution in [-0.2, 0) is 4.74 Å². The van der Waals surface area contributed by atoms with Gasteiger partial charge >= 0.3 is 0 Å². The molecule has 0 saturated heterocycles. The Hall–Kier alpha value is -1.06. The molecule has 0 radical (unpaired) electrons. The van der Waals surface area contributed by atoms with Gasteiger partial charge in [0.15, 0.2) is 0 Å². The first-order valence-corrected chi connectivity index (χ1v) is 5.49. The van der Waals surface area contributed by atoms with Crippen molar-refractivity contribution in [3.63, 3.8) is 0 Å². The molecule has 0 heterocycles. The van der Waals surface area contributed by atoms with E-state index >= 15 is 0 Å². The van der Waals surface area contributed by atoms with Crippen molar-refractivity contribution in [2.24, 2.45) is 5.73 Å². The van der Waals surface area contributed by atoms with Crippen molar-refractivity contribution in [2.75, 3.05) is 20.8 Å². The first-order chi connectivity index (χ1) is 7.60. The molecule has 0 aromatic heterocycles. The maximum absolute atomic E-state index is 6.15. The molecule has 0 aliphatic rings. The lowest BCUT2D eigenvalue weighted by Crippen LogP contribution is -2.15. The number of nitrogens with two attached hydrogens (primary N) is 1. The van der Waals surface area contributed by atoms with Crippen molar-refractivity contribution >= 4 is 0 Å². The van der Waals surface area contributed by atoms with Crippen LogP contribution in [0.5, 0.6) is 5.75 Å². The molecular weight excluding hydrogens is 202 g/mol. The Labute approximate surface area is 97.6 Å². The van der Waals surface area contributed by atoms with Crippen molar-refractivity contribution in [1.82, 2.24) is 0 Å². The van der Waals surface area contributed by atoms with Gasteiger partial charge in [-0.05, 0) is 37.5 Å². The summed E-state index contributed by atoms with van der Waals surface area (Å²) in [5.74, 6) is 0.876. The lowest BCUT2D eigenvalue weighted by Gasteiger charge is -2.18. The minimum atomic E-state index is -0.0319. The van der Waals surface area contributed by atoms with Gasteiger partial charge in [-0.3, -0.25) is 0 Å². The zero-order valence-electron chi connectivity index (χ0n) is 10.5. The Morgan fingerprint density at radius 2 is 1.94 bits per heavy atom. The maximum Gasteiger partial charge on any atom is 0.124 e. The highest BCUT2D eigenvalue weighted by Crippen LogP contribution is 2.30. The summed E-state index contributed by atoms with van der Waals surface area (Å²) in [6.45, 7) is 4.79. The summed E-state index contributed by atoms with van der Waals surface area (Å²) in [6.07, 6.45) is 0.802. The molecule has 3 heteroatoms. The minimum Gasteiger partial charge on any atom is -0.496 e. The highest BCUT2D eigenvalue weighted by atomic mass is 16.5. The summed E-state index contributed by atoms with van der Waals surface area (Å²) in [5, 5.41) is 0. The van der Waals surface area contributed by atoms with Crippen LogP contribution in [0, 0.1) is 13.8 Å². The number of aryl methyl sites for hydroxylation is 2. The second kappa shape index (κ2) is 5.87. The van der Waals surface area contributed by atoms with Crippen molar-refractivity contribution in [3.8, 4) is 5.75 Å². The number of hydrogen-bond acceptors (Lipinski definition) is 3. The van der Waals surface area contributed by atoms with Crippen LogP contribution in [0.15, 0.2) is 12.1 Å². The van der Waals surface area contributed by atoms with E-state index in [0.29, 0.717) is 6.61 Å². The van der Waals surface area contributed by atoms with Gasteiger partial charge in [0, 0.05) is 25.3 Å². The van der Waals surface area contributed by atoms with Crippen LogP contribution in [0.25, 0.3) is 0 Å². The third-order valence-electron chi connectivity index (χ3n) is 2.72. The van der Waals surface area contributed by atoms with E-state index in [4.69, 9.17) is 15.2 Å². The van der Waals surface area contributed by atoms with Crippen LogP contribution in [0.2, 0.25) is 0 Å². The fourth-order valence-electron chi connectivity index (χ4n) is 1.97. The highest BCUT2D eigenvalue weighted by molar-refractivity contribution is 5.44. The van der Waals surface area contributed by atoms with Crippen LogP contribution < -0.4 is 10.5 Å². The molecule has 0 spiro atoms. The van der Waals surface area contributed by atoms with Crippen LogP contribution in [0.1, 0.15) is 29.2 Å². The molecule has 0 aliphatic heterocycles. The van der Waals surface area contributed by atoms with Gasteiger partial charge in [-0.25, -0.2) is 0 Å². The summed E-state index contributed by atoms with van der Waals surface area (Å²) in [6, 6.07) is 4.12. The van der Waals surface area contributed by atoms with Gasteiger partial charge in [0.25, 0.3) is 0 Å². The monoisotopic (exact) mass is 223 g/mol. The summed E-state index contributed by atoms with van der Waals surface area (Å²) < 4.78 is 10.4. The number of methoxy groups -OCH3 is 2. The molecule has 1 rings (SSSR count). The fourth-order valence-corrected chi connectivity index (χ4v) is 1.97. The van der Waals surface area contributed by atoms with Crippen LogP contribution in [0.4, 0.5) is 0 Å². The van der Waals surface area contributed by atoms with E-state index in [2.05, 4.69) is 19.9 Å². The van der Waals surface area contributed by atoms with Crippen molar-refractivity contribution in [2.45, 2.75) is 26.3 Å². The molecule has 2 N–H and O–H groups in total. The minimum absolute atomic E-state index is 0.0319. The molecule has 1 atom stereocenters. The van der Waals surface area contributed by atoms with Crippen LogP contribution in [-0.4, -0.2) is 20.8 Å². The van der Waals surface area contributed by atoms with Crippen molar-refractivity contribution < 1.29 is 9.47 Å². The predicted octanol–water partition coefficient (Wildman–Crippen LogP) is 2.35. The molecule has 0 fully saturated rings.